The highest BCUT2D eigenvalue weighted by atomic mass is 16.6. The van der Waals surface area contributed by atoms with E-state index in [4.69, 9.17) is 10.5 Å². The number of benzene rings is 1. The SMILES string of the molecule is N#CC(C#N)=Cc1ccc([N+](=O)[O-])c([N+](=O)[O-])c1. The molecule has 18 heavy (non-hydrogen) atoms. The van der Waals surface area contributed by atoms with Gasteiger partial charge in [-0.2, -0.15) is 10.5 Å². The molecule has 0 spiro atoms. The van der Waals surface area contributed by atoms with E-state index in [0.29, 0.717) is 0 Å². The maximum atomic E-state index is 10.7. The molecule has 0 heterocycles. The van der Waals surface area contributed by atoms with Gasteiger partial charge in [0.15, 0.2) is 0 Å². The molecule has 0 unspecified atom stereocenters. The summed E-state index contributed by atoms with van der Waals surface area (Å²) in [5.41, 5.74) is -1.42. The molecule has 1 aromatic rings. The Morgan fingerprint density at radius 2 is 1.67 bits per heavy atom. The van der Waals surface area contributed by atoms with Gasteiger partial charge in [0.05, 0.1) is 9.85 Å². The summed E-state index contributed by atoms with van der Waals surface area (Å²) < 4.78 is 0. The standard InChI is InChI=1S/C10H4N4O4/c11-5-8(6-12)3-7-1-2-9(13(15)16)10(4-7)14(17)18/h1-4H. The van der Waals surface area contributed by atoms with Gasteiger partial charge in [0.2, 0.25) is 0 Å². The highest BCUT2D eigenvalue weighted by Gasteiger charge is 2.23. The molecule has 0 saturated carbocycles. The fourth-order valence-electron chi connectivity index (χ4n) is 1.19. The van der Waals surface area contributed by atoms with Crippen molar-refractivity contribution in [3.8, 4) is 12.1 Å². The Kier molecular flexibility index (Phi) is 3.69. The third kappa shape index (κ3) is 2.65. The van der Waals surface area contributed by atoms with E-state index in [2.05, 4.69) is 0 Å². The van der Waals surface area contributed by atoms with Crippen molar-refractivity contribution in [2.45, 2.75) is 0 Å². The Bertz CT molecular complexity index is 620. The summed E-state index contributed by atoms with van der Waals surface area (Å²) >= 11 is 0. The summed E-state index contributed by atoms with van der Waals surface area (Å²) in [6, 6.07) is 6.28. The monoisotopic (exact) mass is 244 g/mol. The Balaban J connectivity index is 3.39. The molecule has 0 aliphatic heterocycles. The van der Waals surface area contributed by atoms with Crippen LogP contribution in [0.2, 0.25) is 0 Å². The van der Waals surface area contributed by atoms with Gasteiger partial charge in [0.1, 0.15) is 17.7 Å². The van der Waals surface area contributed by atoms with Crippen LogP contribution in [0.1, 0.15) is 5.56 Å². The normalized spacial score (nSPS) is 8.78. The molecular formula is C10H4N4O4. The van der Waals surface area contributed by atoms with E-state index in [0.717, 1.165) is 18.2 Å². The molecule has 0 N–H and O–H groups in total. The molecule has 0 aromatic heterocycles. The summed E-state index contributed by atoms with van der Waals surface area (Å²) in [5.74, 6) is 0. The van der Waals surface area contributed by atoms with Crippen molar-refractivity contribution >= 4 is 17.5 Å². The molecule has 8 heteroatoms. The Morgan fingerprint density at radius 3 is 2.11 bits per heavy atom. The first-order chi connectivity index (χ1) is 8.49. The zero-order valence-electron chi connectivity index (χ0n) is 8.73. The van der Waals surface area contributed by atoms with E-state index < -0.39 is 21.2 Å². The lowest BCUT2D eigenvalue weighted by Crippen LogP contribution is -1.96. The van der Waals surface area contributed by atoms with Gasteiger partial charge >= 0.3 is 11.4 Å². The number of hydrogen-bond donors (Lipinski definition) is 0. The second kappa shape index (κ2) is 5.18. The number of nitro benzene ring substituents is 2. The summed E-state index contributed by atoms with van der Waals surface area (Å²) in [7, 11) is 0. The summed E-state index contributed by atoms with van der Waals surface area (Å²) in [6.07, 6.45) is 1.11. The molecule has 8 nitrogen and oxygen atoms in total. The third-order valence-electron chi connectivity index (χ3n) is 1.94. The Morgan fingerprint density at radius 1 is 1.11 bits per heavy atom. The van der Waals surface area contributed by atoms with Crippen LogP contribution in [0.4, 0.5) is 11.4 Å². The molecule has 0 saturated heterocycles. The quantitative estimate of drug-likeness (QED) is 0.452. The van der Waals surface area contributed by atoms with Crippen molar-refractivity contribution in [1.82, 2.24) is 0 Å². The van der Waals surface area contributed by atoms with Crippen LogP contribution in [-0.4, -0.2) is 9.85 Å². The second-order valence-corrected chi connectivity index (χ2v) is 3.04. The number of nitriles is 2. The minimum Gasteiger partial charge on any atom is -0.258 e. The minimum absolute atomic E-state index is 0.172. The molecule has 0 aliphatic carbocycles. The van der Waals surface area contributed by atoms with Gasteiger partial charge in [0.25, 0.3) is 0 Å². The zero-order valence-corrected chi connectivity index (χ0v) is 8.73. The highest BCUT2D eigenvalue weighted by Crippen LogP contribution is 2.28. The number of nitro groups is 2. The van der Waals surface area contributed by atoms with Crippen LogP contribution in [0.15, 0.2) is 23.8 Å². The van der Waals surface area contributed by atoms with Gasteiger partial charge in [-0.25, -0.2) is 0 Å². The zero-order chi connectivity index (χ0) is 13.7. The van der Waals surface area contributed by atoms with Gasteiger partial charge in [-0.3, -0.25) is 20.2 Å². The average Bonchev–Trinajstić information content (AvgIpc) is 2.35. The molecule has 0 bridgehead atoms. The van der Waals surface area contributed by atoms with Gasteiger partial charge in [0, 0.05) is 12.1 Å². The first-order valence-corrected chi connectivity index (χ1v) is 4.44. The lowest BCUT2D eigenvalue weighted by Gasteiger charge is -1.96. The van der Waals surface area contributed by atoms with Gasteiger partial charge in [-0.15, -0.1) is 0 Å². The van der Waals surface area contributed by atoms with Crippen molar-refractivity contribution in [1.29, 1.82) is 10.5 Å². The van der Waals surface area contributed by atoms with Crippen LogP contribution >= 0.6 is 0 Å². The van der Waals surface area contributed by atoms with E-state index in [9.17, 15) is 20.2 Å². The van der Waals surface area contributed by atoms with Crippen LogP contribution in [0.3, 0.4) is 0 Å². The fraction of sp³-hybridized carbons (Fsp3) is 0. The van der Waals surface area contributed by atoms with E-state index >= 15 is 0 Å². The van der Waals surface area contributed by atoms with Crippen LogP contribution < -0.4 is 0 Å². The third-order valence-corrected chi connectivity index (χ3v) is 1.94. The Labute approximate surface area is 100 Å². The van der Waals surface area contributed by atoms with Crippen LogP contribution in [-0.2, 0) is 0 Å². The first kappa shape index (κ1) is 12.8. The number of hydrogen-bond acceptors (Lipinski definition) is 6. The van der Waals surface area contributed by atoms with Crippen molar-refractivity contribution in [2.24, 2.45) is 0 Å². The molecular weight excluding hydrogens is 240 g/mol. The van der Waals surface area contributed by atoms with E-state index in [1.54, 1.807) is 12.1 Å². The van der Waals surface area contributed by atoms with Crippen molar-refractivity contribution in [2.75, 3.05) is 0 Å². The molecule has 1 rings (SSSR count). The predicted octanol–water partition coefficient (Wildman–Crippen LogP) is 1.93. The predicted molar refractivity (Wildman–Crippen MR) is 59.0 cm³/mol. The van der Waals surface area contributed by atoms with Gasteiger partial charge < -0.3 is 0 Å². The lowest BCUT2D eigenvalue weighted by molar-refractivity contribution is -0.422. The van der Waals surface area contributed by atoms with Gasteiger partial charge in [-0.1, -0.05) is 0 Å². The van der Waals surface area contributed by atoms with Gasteiger partial charge in [-0.05, 0) is 17.7 Å². The number of rotatable bonds is 3. The van der Waals surface area contributed by atoms with Crippen LogP contribution in [0, 0.1) is 42.9 Å². The summed E-state index contributed by atoms with van der Waals surface area (Å²) in [4.78, 5) is 19.4. The Hall–Kier alpha value is -3.26. The van der Waals surface area contributed by atoms with E-state index in [1.165, 1.54) is 6.07 Å². The molecule has 0 radical (unpaired) electrons. The fourth-order valence-corrected chi connectivity index (χ4v) is 1.19. The summed E-state index contributed by atoms with van der Waals surface area (Å²) in [5, 5.41) is 38.3. The van der Waals surface area contributed by atoms with E-state index in [1.807, 2.05) is 0 Å². The van der Waals surface area contributed by atoms with E-state index in [-0.39, 0.29) is 11.1 Å². The topological polar surface area (TPSA) is 134 Å². The lowest BCUT2D eigenvalue weighted by atomic mass is 10.1. The van der Waals surface area contributed by atoms with Crippen molar-refractivity contribution in [3.63, 3.8) is 0 Å². The molecule has 88 valence electrons. The number of nitrogens with zero attached hydrogens (tertiary/aromatic N) is 4. The molecule has 0 aliphatic rings. The second-order valence-electron chi connectivity index (χ2n) is 3.04. The summed E-state index contributed by atoms with van der Waals surface area (Å²) in [6.45, 7) is 0. The van der Waals surface area contributed by atoms with Crippen molar-refractivity contribution < 1.29 is 9.85 Å². The number of allylic oxidation sites excluding steroid dienone is 1. The molecule has 0 atom stereocenters. The molecule has 1 aromatic carbocycles. The molecule has 0 amide bonds. The minimum atomic E-state index is -0.895. The maximum absolute atomic E-state index is 10.7. The molecule has 0 fully saturated rings. The highest BCUT2D eigenvalue weighted by molar-refractivity contribution is 5.67. The maximum Gasteiger partial charge on any atom is 0.346 e. The first-order valence-electron chi connectivity index (χ1n) is 4.44. The van der Waals surface area contributed by atoms with Crippen LogP contribution in [0.25, 0.3) is 6.08 Å². The smallest absolute Gasteiger partial charge is 0.258 e. The largest absolute Gasteiger partial charge is 0.346 e. The van der Waals surface area contributed by atoms with Crippen LogP contribution in [0.5, 0.6) is 0 Å². The average molecular weight is 244 g/mol. The van der Waals surface area contributed by atoms with Crippen molar-refractivity contribution in [3.05, 3.63) is 49.6 Å².